The fraction of sp³-hybridized carbons (Fsp3) is 0.357. The number of nitrogens with zero attached hydrogens (tertiary/aromatic N) is 1. The maximum absolute atomic E-state index is 4.39. The molecule has 3 rings (SSSR count). The molecular weight excluding hydrogens is 260 g/mol. The molecule has 0 fully saturated rings. The Morgan fingerprint density at radius 3 is 3.11 bits per heavy atom. The molecule has 0 aliphatic heterocycles. The van der Waals surface area contributed by atoms with Gasteiger partial charge < -0.3 is 5.32 Å². The summed E-state index contributed by atoms with van der Waals surface area (Å²) in [6, 6.07) is 9.24. The molecule has 2 unspecified atom stereocenters. The van der Waals surface area contributed by atoms with Gasteiger partial charge in [-0.3, -0.25) is 0 Å². The largest absolute Gasteiger partial charge is 0.309 e. The second-order valence-corrected chi connectivity index (χ2v) is 6.77. The van der Waals surface area contributed by atoms with Crippen LogP contribution in [0.3, 0.4) is 0 Å². The smallest absolute Gasteiger partial charge is 0.150 e. The van der Waals surface area contributed by atoms with Gasteiger partial charge in [0.2, 0.25) is 0 Å². The molecule has 2 nitrogen and oxygen atoms in total. The monoisotopic (exact) mass is 276 g/mol. The van der Waals surface area contributed by atoms with Gasteiger partial charge in [-0.15, -0.1) is 11.3 Å². The van der Waals surface area contributed by atoms with E-state index in [1.54, 1.807) is 11.3 Å². The van der Waals surface area contributed by atoms with Crippen molar-refractivity contribution < 1.29 is 0 Å². The number of thiazole rings is 1. The lowest BCUT2D eigenvalue weighted by Crippen LogP contribution is -2.26. The number of hydrogen-bond acceptors (Lipinski definition) is 4. The minimum atomic E-state index is 0.458. The van der Waals surface area contributed by atoms with Crippen molar-refractivity contribution >= 4 is 23.1 Å². The normalized spacial score (nSPS) is 22.1. The second-order valence-electron chi connectivity index (χ2n) is 4.39. The van der Waals surface area contributed by atoms with Gasteiger partial charge in [0.25, 0.3) is 0 Å². The average Bonchev–Trinajstić information content (AvgIpc) is 3.00. The van der Waals surface area contributed by atoms with Gasteiger partial charge in [0.05, 0.1) is 0 Å². The molecule has 2 aromatic rings. The van der Waals surface area contributed by atoms with Gasteiger partial charge in [-0.1, -0.05) is 43.0 Å². The van der Waals surface area contributed by atoms with Gasteiger partial charge in [-0.05, 0) is 24.1 Å². The number of hydrogen-bond donors (Lipinski definition) is 1. The Morgan fingerprint density at radius 2 is 2.33 bits per heavy atom. The van der Waals surface area contributed by atoms with E-state index in [0.29, 0.717) is 11.3 Å². The predicted molar refractivity (Wildman–Crippen MR) is 78.3 cm³/mol. The zero-order valence-corrected chi connectivity index (χ0v) is 11.9. The third-order valence-electron chi connectivity index (χ3n) is 3.27. The highest BCUT2D eigenvalue weighted by Crippen LogP contribution is 2.41. The van der Waals surface area contributed by atoms with Gasteiger partial charge >= 0.3 is 0 Å². The van der Waals surface area contributed by atoms with Crippen LogP contribution in [0.1, 0.15) is 24.1 Å². The van der Waals surface area contributed by atoms with Crippen LogP contribution in [0.2, 0.25) is 0 Å². The predicted octanol–water partition coefficient (Wildman–Crippen LogP) is 3.51. The van der Waals surface area contributed by atoms with Crippen LogP contribution in [-0.4, -0.2) is 16.8 Å². The van der Waals surface area contributed by atoms with Crippen molar-refractivity contribution in [2.75, 3.05) is 6.54 Å². The first-order chi connectivity index (χ1) is 8.88. The zero-order valence-electron chi connectivity index (χ0n) is 10.3. The summed E-state index contributed by atoms with van der Waals surface area (Å²) in [5.74, 6) is 0. The maximum Gasteiger partial charge on any atom is 0.150 e. The summed E-state index contributed by atoms with van der Waals surface area (Å²) in [6.45, 7) is 3.18. The molecule has 0 saturated heterocycles. The van der Waals surface area contributed by atoms with Crippen molar-refractivity contribution in [3.05, 3.63) is 47.0 Å². The number of fused-ring (bicyclic) bond motifs is 1. The Kier molecular flexibility index (Phi) is 3.68. The Balaban J connectivity index is 1.83. The summed E-state index contributed by atoms with van der Waals surface area (Å²) in [4.78, 5) is 4.39. The molecule has 0 radical (unpaired) electrons. The fourth-order valence-corrected chi connectivity index (χ4v) is 4.67. The Labute approximate surface area is 116 Å². The van der Waals surface area contributed by atoms with Crippen molar-refractivity contribution in [3.63, 3.8) is 0 Å². The van der Waals surface area contributed by atoms with Crippen LogP contribution in [-0.2, 0) is 6.42 Å². The molecule has 0 amide bonds. The highest BCUT2D eigenvalue weighted by atomic mass is 32.2. The number of nitrogens with one attached hydrogen (secondary N) is 1. The topological polar surface area (TPSA) is 24.9 Å². The minimum Gasteiger partial charge on any atom is -0.309 e. The van der Waals surface area contributed by atoms with Crippen molar-refractivity contribution in [1.82, 2.24) is 10.3 Å². The number of benzene rings is 1. The molecule has 0 spiro atoms. The van der Waals surface area contributed by atoms with Crippen LogP contribution in [0.15, 0.2) is 40.2 Å². The Morgan fingerprint density at radius 1 is 1.44 bits per heavy atom. The molecule has 1 aliphatic carbocycles. The minimum absolute atomic E-state index is 0.458. The van der Waals surface area contributed by atoms with Crippen molar-refractivity contribution in [3.8, 4) is 0 Å². The van der Waals surface area contributed by atoms with Gasteiger partial charge in [-0.25, -0.2) is 4.98 Å². The van der Waals surface area contributed by atoms with Crippen LogP contribution in [0.25, 0.3) is 0 Å². The maximum atomic E-state index is 4.39. The van der Waals surface area contributed by atoms with Crippen LogP contribution in [0, 0.1) is 0 Å². The van der Waals surface area contributed by atoms with E-state index >= 15 is 0 Å². The lowest BCUT2D eigenvalue weighted by Gasteiger charge is -2.19. The highest BCUT2D eigenvalue weighted by Gasteiger charge is 2.32. The van der Waals surface area contributed by atoms with Crippen LogP contribution in [0.4, 0.5) is 0 Å². The molecular formula is C14H16N2S2. The number of aromatic nitrogens is 1. The van der Waals surface area contributed by atoms with Gasteiger partial charge in [0.1, 0.15) is 4.34 Å². The third kappa shape index (κ3) is 2.32. The van der Waals surface area contributed by atoms with Gasteiger partial charge in [-0.2, -0.15) is 0 Å². The molecule has 0 saturated carbocycles. The lowest BCUT2D eigenvalue weighted by atomic mass is 10.1. The van der Waals surface area contributed by atoms with E-state index < -0.39 is 0 Å². The second kappa shape index (κ2) is 5.43. The Hall–Kier alpha value is -0.840. The van der Waals surface area contributed by atoms with Gasteiger partial charge in [0, 0.05) is 22.9 Å². The van der Waals surface area contributed by atoms with Crippen molar-refractivity contribution in [2.24, 2.45) is 0 Å². The summed E-state index contributed by atoms with van der Waals surface area (Å²) < 4.78 is 1.18. The summed E-state index contributed by atoms with van der Waals surface area (Å²) in [5.41, 5.74) is 2.95. The molecule has 0 bridgehead atoms. The molecule has 1 aliphatic rings. The zero-order chi connectivity index (χ0) is 12.4. The first-order valence-electron chi connectivity index (χ1n) is 6.26. The molecule has 94 valence electrons. The molecule has 2 atom stereocenters. The average molecular weight is 276 g/mol. The Bertz CT molecular complexity index is 508. The number of rotatable bonds is 4. The van der Waals surface area contributed by atoms with Crippen LogP contribution in [0.5, 0.6) is 0 Å². The molecule has 1 aromatic carbocycles. The van der Waals surface area contributed by atoms with Crippen molar-refractivity contribution in [2.45, 2.75) is 29.0 Å². The van der Waals surface area contributed by atoms with E-state index in [9.17, 15) is 0 Å². The molecule has 1 N–H and O–H groups in total. The summed E-state index contributed by atoms with van der Waals surface area (Å²) in [5, 5.41) is 6.23. The standard InChI is InChI=1S/C14H16N2S2/c1-2-15-13-11-6-4-3-5-10(11)9-12(13)18-14-16-7-8-17-14/h3-8,12-13,15H,2,9H2,1H3. The van der Waals surface area contributed by atoms with E-state index in [-0.39, 0.29) is 0 Å². The lowest BCUT2D eigenvalue weighted by molar-refractivity contribution is 0.560. The number of thioether (sulfide) groups is 1. The first kappa shape index (κ1) is 12.2. The highest BCUT2D eigenvalue weighted by molar-refractivity contribution is 8.01. The molecule has 4 heteroatoms. The quantitative estimate of drug-likeness (QED) is 0.925. The summed E-state index contributed by atoms with van der Waals surface area (Å²) in [6.07, 6.45) is 3.02. The van der Waals surface area contributed by atoms with Crippen molar-refractivity contribution in [1.29, 1.82) is 0 Å². The van der Waals surface area contributed by atoms with Crippen LogP contribution < -0.4 is 5.32 Å². The molecule has 1 heterocycles. The summed E-state index contributed by atoms with van der Waals surface area (Å²) in [7, 11) is 0. The van der Waals surface area contributed by atoms with E-state index in [1.165, 1.54) is 15.5 Å². The fourth-order valence-electron chi connectivity index (χ4n) is 2.53. The van der Waals surface area contributed by atoms with E-state index in [4.69, 9.17) is 0 Å². The molecule has 1 aromatic heterocycles. The summed E-state index contributed by atoms with van der Waals surface area (Å²) >= 11 is 3.64. The molecule has 18 heavy (non-hydrogen) atoms. The van der Waals surface area contributed by atoms with E-state index in [1.807, 2.05) is 23.3 Å². The van der Waals surface area contributed by atoms with Gasteiger partial charge in [0.15, 0.2) is 0 Å². The SMILES string of the molecule is CCNC1c2ccccc2CC1Sc1nccs1. The van der Waals surface area contributed by atoms with E-state index in [0.717, 1.165) is 13.0 Å². The van der Waals surface area contributed by atoms with Crippen LogP contribution >= 0.6 is 23.1 Å². The first-order valence-corrected chi connectivity index (χ1v) is 8.01. The third-order valence-corrected chi connectivity index (χ3v) is 5.46. The van der Waals surface area contributed by atoms with E-state index in [2.05, 4.69) is 41.5 Å².